The Kier molecular flexibility index (Phi) is 10.9. The van der Waals surface area contributed by atoms with Gasteiger partial charge in [0.2, 0.25) is 0 Å². The molecule has 0 amide bonds. The molecule has 2 aliphatic rings. The van der Waals surface area contributed by atoms with Crippen LogP contribution in [-0.4, -0.2) is 111 Å². The van der Waals surface area contributed by atoms with Gasteiger partial charge in [-0.1, -0.05) is 0 Å². The van der Waals surface area contributed by atoms with Gasteiger partial charge in [-0.3, -0.25) is 18.2 Å². The van der Waals surface area contributed by atoms with E-state index in [4.69, 9.17) is 39.5 Å². The molecule has 0 spiro atoms. The summed E-state index contributed by atoms with van der Waals surface area (Å²) in [6.45, 7) is 7.13. The van der Waals surface area contributed by atoms with Crippen molar-refractivity contribution >= 4 is 51.8 Å². The molecule has 2 fully saturated rings. The Balaban J connectivity index is 1.26. The second kappa shape index (κ2) is 14.9. The largest absolute Gasteiger partial charge is 0.420 e. The summed E-state index contributed by atoms with van der Waals surface area (Å²) in [7, 11) is -6.47. The molecule has 6 heterocycles. The number of imidazole rings is 2. The van der Waals surface area contributed by atoms with E-state index in [0.29, 0.717) is 34.4 Å². The van der Waals surface area contributed by atoms with E-state index in [-0.39, 0.29) is 37.7 Å². The Morgan fingerprint density at radius 3 is 2.20 bits per heavy atom. The highest BCUT2D eigenvalue weighted by molar-refractivity contribution is 7.92. The van der Waals surface area contributed by atoms with Crippen LogP contribution in [0.15, 0.2) is 31.2 Å². The Hall–Kier alpha value is -3.37. The normalized spacial score (nSPS) is 25.6. The number of ether oxygens (including phenoxy) is 4. The molecule has 4 aromatic heterocycles. The minimum Gasteiger partial charge on any atom is -0.397 e. The smallest absolute Gasteiger partial charge is 0.397 e. The maximum absolute atomic E-state index is 14.6. The second-order valence-electron chi connectivity index (χ2n) is 13.0. The van der Waals surface area contributed by atoms with Crippen LogP contribution >= 0.6 is 7.75 Å². The molecule has 22 heteroatoms. The standard InChI is InChI=1S/C29H44N11O9PS/c1-16(2)44-11-21-20(10-24(47-21)40-15-36-26-27(31)33-13-34-29(26)40)49-50(41,37-51(42,43)38(5)6)45-12-22-19(46-17(3)4)9-23(48-22)39-14-35-25-18(30)7-8-32-28(25)39/h7-8,13-17,19-24H,9-12H2,1-6H3,(H2,30,32)(H,37,41)(H2,31,33,34)/t19-,20-,21-,22-,23?,24?,50?/m1/s1. The van der Waals surface area contributed by atoms with Crippen LogP contribution in [0, 0.1) is 0 Å². The third kappa shape index (κ3) is 8.17. The quantitative estimate of drug-likeness (QED) is 0.147. The third-order valence-corrected chi connectivity index (χ3v) is 12.1. The molecule has 280 valence electrons. The predicted molar refractivity (Wildman–Crippen MR) is 184 cm³/mol. The topological polar surface area (TPSA) is 248 Å². The van der Waals surface area contributed by atoms with Crippen LogP contribution in [0.3, 0.4) is 0 Å². The molecule has 51 heavy (non-hydrogen) atoms. The van der Waals surface area contributed by atoms with Gasteiger partial charge in [0, 0.05) is 33.1 Å². The molecule has 5 N–H and O–H groups in total. The average molecular weight is 754 g/mol. The minimum absolute atomic E-state index is 0.0398. The zero-order chi connectivity index (χ0) is 36.7. The maximum Gasteiger partial charge on any atom is 0.420 e. The molecule has 4 aromatic rings. The monoisotopic (exact) mass is 753 g/mol. The van der Waals surface area contributed by atoms with Gasteiger partial charge < -0.3 is 30.4 Å². The maximum atomic E-state index is 14.6. The zero-order valence-electron chi connectivity index (χ0n) is 29.1. The molecular formula is C29H44N11O9PS. The summed E-state index contributed by atoms with van der Waals surface area (Å²) in [5, 5.41) is 0. The Bertz CT molecular complexity index is 1990. The fourth-order valence-corrected chi connectivity index (χ4v) is 8.98. The average Bonchev–Trinajstić information content (AvgIpc) is 3.84. The van der Waals surface area contributed by atoms with Crippen LogP contribution in [0.4, 0.5) is 11.5 Å². The molecule has 7 atom stereocenters. The summed E-state index contributed by atoms with van der Waals surface area (Å²) in [6, 6.07) is 1.65. The van der Waals surface area contributed by atoms with Gasteiger partial charge in [-0.2, -0.15) is 12.7 Å². The molecule has 2 aliphatic heterocycles. The number of fused-ring (bicyclic) bond motifs is 2. The minimum atomic E-state index is -4.70. The second-order valence-corrected chi connectivity index (χ2v) is 16.8. The van der Waals surface area contributed by atoms with Crippen LogP contribution in [0.1, 0.15) is 53.0 Å². The number of nitrogens with one attached hydrogen (secondary N) is 1. The molecule has 20 nitrogen and oxygen atoms in total. The lowest BCUT2D eigenvalue weighted by Gasteiger charge is -2.28. The number of hydrogen-bond acceptors (Lipinski definition) is 16. The van der Waals surface area contributed by atoms with Gasteiger partial charge in [-0.15, -0.1) is 4.49 Å². The van der Waals surface area contributed by atoms with E-state index in [1.165, 1.54) is 26.7 Å². The number of anilines is 2. The summed E-state index contributed by atoms with van der Waals surface area (Å²) in [4.78, 5) is 21.4. The van der Waals surface area contributed by atoms with Gasteiger partial charge in [-0.25, -0.2) is 29.5 Å². The van der Waals surface area contributed by atoms with E-state index in [1.807, 2.05) is 27.7 Å². The number of aromatic nitrogens is 7. The highest BCUT2D eigenvalue weighted by Gasteiger charge is 2.46. The number of nitrogens with zero attached hydrogens (tertiary/aromatic N) is 8. The van der Waals surface area contributed by atoms with Crippen LogP contribution < -0.4 is 16.0 Å². The summed E-state index contributed by atoms with van der Waals surface area (Å²) in [5.74, 6) is 0.193. The van der Waals surface area contributed by atoms with E-state index in [2.05, 4.69) is 29.4 Å². The van der Waals surface area contributed by atoms with Crippen molar-refractivity contribution in [3.05, 3.63) is 31.2 Å². The van der Waals surface area contributed by atoms with Crippen molar-refractivity contribution in [2.24, 2.45) is 0 Å². The molecule has 6 rings (SSSR count). The first kappa shape index (κ1) is 37.4. The van der Waals surface area contributed by atoms with Crippen molar-refractivity contribution in [1.82, 2.24) is 42.9 Å². The number of nitrogens with two attached hydrogens (primary N) is 2. The van der Waals surface area contributed by atoms with Gasteiger partial charge in [-0.05, 0) is 33.8 Å². The first-order valence-electron chi connectivity index (χ1n) is 16.4. The van der Waals surface area contributed by atoms with Crippen molar-refractivity contribution in [2.45, 2.75) is 89.6 Å². The van der Waals surface area contributed by atoms with Crippen molar-refractivity contribution in [3.8, 4) is 0 Å². The molecule has 0 saturated carbocycles. The molecule has 0 bridgehead atoms. The Morgan fingerprint density at radius 1 is 0.922 bits per heavy atom. The summed E-state index contributed by atoms with van der Waals surface area (Å²) in [5.41, 5.74) is 14.4. The molecule has 3 unspecified atom stereocenters. The van der Waals surface area contributed by atoms with Crippen molar-refractivity contribution < 1.29 is 41.0 Å². The van der Waals surface area contributed by atoms with E-state index < -0.39 is 54.8 Å². The van der Waals surface area contributed by atoms with Gasteiger partial charge in [0.05, 0.1) is 49.9 Å². The molecule has 0 aromatic carbocycles. The first-order valence-corrected chi connectivity index (χ1v) is 19.3. The van der Waals surface area contributed by atoms with Crippen molar-refractivity contribution in [2.75, 3.05) is 38.8 Å². The predicted octanol–water partition coefficient (Wildman–Crippen LogP) is 2.14. The van der Waals surface area contributed by atoms with Crippen LogP contribution in [0.5, 0.6) is 0 Å². The first-order chi connectivity index (χ1) is 24.1. The van der Waals surface area contributed by atoms with Crippen LogP contribution in [0.2, 0.25) is 0 Å². The van der Waals surface area contributed by atoms with Crippen LogP contribution in [-0.2, 0) is 42.8 Å². The van der Waals surface area contributed by atoms with Crippen molar-refractivity contribution in [3.63, 3.8) is 0 Å². The zero-order valence-corrected chi connectivity index (χ0v) is 30.8. The fraction of sp³-hybridized carbons (Fsp3) is 0.621. The molecule has 0 radical (unpaired) electrons. The lowest BCUT2D eigenvalue weighted by atomic mass is 10.2. The molecule has 2 saturated heterocycles. The van der Waals surface area contributed by atoms with E-state index in [9.17, 15) is 13.0 Å². The lowest BCUT2D eigenvalue weighted by molar-refractivity contribution is -0.0786. The summed E-state index contributed by atoms with van der Waals surface area (Å²) < 4.78 is 84.0. The Morgan fingerprint density at radius 2 is 1.55 bits per heavy atom. The lowest BCUT2D eigenvalue weighted by Crippen LogP contribution is -2.38. The Labute approximate surface area is 294 Å². The molecule has 0 aliphatic carbocycles. The highest BCUT2D eigenvalue weighted by atomic mass is 32.2. The van der Waals surface area contributed by atoms with E-state index in [0.717, 1.165) is 4.31 Å². The number of nitrogen functional groups attached to an aromatic ring is 2. The number of hydrogen-bond donors (Lipinski definition) is 3. The summed E-state index contributed by atoms with van der Waals surface area (Å²) in [6.07, 6.45) is 1.64. The van der Waals surface area contributed by atoms with Gasteiger partial charge in [0.1, 0.15) is 48.1 Å². The van der Waals surface area contributed by atoms with E-state index >= 15 is 0 Å². The number of rotatable bonds is 15. The van der Waals surface area contributed by atoms with Gasteiger partial charge in [0.15, 0.2) is 17.1 Å². The third-order valence-electron chi connectivity index (χ3n) is 8.29. The van der Waals surface area contributed by atoms with Crippen molar-refractivity contribution in [1.29, 1.82) is 0 Å². The van der Waals surface area contributed by atoms with E-state index in [1.54, 1.807) is 27.7 Å². The molecular weight excluding hydrogens is 709 g/mol. The SMILES string of the molecule is CC(C)OC[C@H]1OC(n2cnc3c(N)ncnc32)C[C@H]1OP(=O)(NS(=O)(=O)N(C)C)OC[C@H]1OC(n2cnc3c(N)ccnc32)C[C@H]1OC(C)C. The summed E-state index contributed by atoms with van der Waals surface area (Å²) >= 11 is 0. The number of pyridine rings is 1. The fourth-order valence-electron chi connectivity index (χ4n) is 5.83. The highest BCUT2D eigenvalue weighted by Crippen LogP contribution is 2.50. The van der Waals surface area contributed by atoms with Gasteiger partial charge >= 0.3 is 7.75 Å². The van der Waals surface area contributed by atoms with Crippen LogP contribution in [0.25, 0.3) is 22.3 Å². The van der Waals surface area contributed by atoms with Gasteiger partial charge in [0.25, 0.3) is 10.2 Å².